The predicted molar refractivity (Wildman–Crippen MR) is 74.0 cm³/mol. The molecule has 1 saturated heterocycles. The fraction of sp³-hybridized carbons (Fsp3) is 0.429. The number of amides is 1. The summed E-state index contributed by atoms with van der Waals surface area (Å²) in [6.07, 6.45) is 3.95. The number of hydrazone groups is 1. The Morgan fingerprint density at radius 2 is 2.10 bits per heavy atom. The summed E-state index contributed by atoms with van der Waals surface area (Å²) in [6, 6.07) is 5.53. The Morgan fingerprint density at radius 1 is 1.30 bits per heavy atom. The number of benzene rings is 1. The molecular weight excluding hydrogens is 258 g/mol. The first-order chi connectivity index (χ1) is 9.81. The SMILES string of the molecule is O=C(CN1CCCC1)NN=Cc1ccc2c(c1)OCO2. The average Bonchev–Trinajstić information content (AvgIpc) is 3.09. The normalized spacial score (nSPS) is 17.8. The Hall–Kier alpha value is -2.08. The number of hydrogen-bond donors (Lipinski definition) is 1. The first kappa shape index (κ1) is 12.9. The van der Waals surface area contributed by atoms with Gasteiger partial charge < -0.3 is 9.47 Å². The van der Waals surface area contributed by atoms with Crippen molar-refractivity contribution in [3.63, 3.8) is 0 Å². The van der Waals surface area contributed by atoms with Crippen molar-refractivity contribution in [1.29, 1.82) is 0 Å². The molecule has 0 aromatic heterocycles. The van der Waals surface area contributed by atoms with E-state index >= 15 is 0 Å². The largest absolute Gasteiger partial charge is 0.454 e. The molecule has 1 aromatic rings. The highest BCUT2D eigenvalue weighted by Gasteiger charge is 2.14. The number of nitrogens with zero attached hydrogens (tertiary/aromatic N) is 2. The zero-order valence-electron chi connectivity index (χ0n) is 11.2. The Labute approximate surface area is 117 Å². The molecule has 2 heterocycles. The number of rotatable bonds is 4. The molecule has 1 aromatic carbocycles. The molecule has 2 aliphatic rings. The third-order valence-corrected chi connectivity index (χ3v) is 3.37. The Balaban J connectivity index is 1.51. The maximum absolute atomic E-state index is 11.7. The molecule has 20 heavy (non-hydrogen) atoms. The zero-order chi connectivity index (χ0) is 13.8. The minimum atomic E-state index is -0.0797. The number of hydrogen-bond acceptors (Lipinski definition) is 5. The van der Waals surface area contributed by atoms with E-state index in [1.54, 1.807) is 6.21 Å². The van der Waals surface area contributed by atoms with Crippen LogP contribution in [0.2, 0.25) is 0 Å². The molecule has 1 amide bonds. The topological polar surface area (TPSA) is 63.2 Å². The number of fused-ring (bicyclic) bond motifs is 1. The number of likely N-dealkylation sites (tertiary alicyclic amines) is 1. The van der Waals surface area contributed by atoms with Crippen molar-refractivity contribution in [1.82, 2.24) is 10.3 Å². The lowest BCUT2D eigenvalue weighted by atomic mass is 10.2. The summed E-state index contributed by atoms with van der Waals surface area (Å²) in [6.45, 7) is 2.67. The van der Waals surface area contributed by atoms with Gasteiger partial charge in [0, 0.05) is 0 Å². The molecule has 0 spiro atoms. The van der Waals surface area contributed by atoms with Crippen molar-refractivity contribution in [2.24, 2.45) is 5.10 Å². The molecule has 3 rings (SSSR count). The molecule has 1 N–H and O–H groups in total. The highest BCUT2D eigenvalue weighted by atomic mass is 16.7. The standard InChI is InChI=1S/C14H17N3O3/c18-14(9-17-5-1-2-6-17)16-15-8-11-3-4-12-13(7-11)20-10-19-12/h3-4,7-8H,1-2,5-6,9-10H2,(H,16,18). The predicted octanol–water partition coefficient (Wildman–Crippen LogP) is 0.961. The van der Waals surface area contributed by atoms with Gasteiger partial charge in [0.2, 0.25) is 6.79 Å². The van der Waals surface area contributed by atoms with Crippen LogP contribution < -0.4 is 14.9 Å². The zero-order valence-corrected chi connectivity index (χ0v) is 11.2. The smallest absolute Gasteiger partial charge is 0.254 e. The van der Waals surface area contributed by atoms with Gasteiger partial charge in [0.15, 0.2) is 11.5 Å². The van der Waals surface area contributed by atoms with Crippen LogP contribution in [0.3, 0.4) is 0 Å². The van der Waals surface area contributed by atoms with Crippen LogP contribution in [0.25, 0.3) is 0 Å². The van der Waals surface area contributed by atoms with E-state index < -0.39 is 0 Å². The molecule has 0 radical (unpaired) electrons. The first-order valence-corrected chi connectivity index (χ1v) is 6.75. The van der Waals surface area contributed by atoms with Crippen molar-refractivity contribution in [3.05, 3.63) is 23.8 Å². The van der Waals surface area contributed by atoms with Crippen LogP contribution >= 0.6 is 0 Å². The van der Waals surface area contributed by atoms with Gasteiger partial charge in [0.1, 0.15) is 0 Å². The third kappa shape index (κ3) is 3.08. The van der Waals surface area contributed by atoms with Gasteiger partial charge in [-0.2, -0.15) is 5.10 Å². The lowest BCUT2D eigenvalue weighted by molar-refractivity contribution is -0.121. The van der Waals surface area contributed by atoms with Crippen molar-refractivity contribution >= 4 is 12.1 Å². The number of ether oxygens (including phenoxy) is 2. The highest BCUT2D eigenvalue weighted by Crippen LogP contribution is 2.31. The monoisotopic (exact) mass is 275 g/mol. The van der Waals surface area contributed by atoms with Crippen molar-refractivity contribution < 1.29 is 14.3 Å². The van der Waals surface area contributed by atoms with Gasteiger partial charge >= 0.3 is 0 Å². The lowest BCUT2D eigenvalue weighted by Crippen LogP contribution is -2.33. The van der Waals surface area contributed by atoms with Crippen LogP contribution in [0.5, 0.6) is 11.5 Å². The first-order valence-electron chi connectivity index (χ1n) is 6.75. The van der Waals surface area contributed by atoms with Gasteiger partial charge in [-0.15, -0.1) is 0 Å². The van der Waals surface area contributed by atoms with Crippen molar-refractivity contribution in [2.75, 3.05) is 26.4 Å². The fourth-order valence-corrected chi connectivity index (χ4v) is 2.35. The van der Waals surface area contributed by atoms with E-state index in [9.17, 15) is 4.79 Å². The molecule has 6 nitrogen and oxygen atoms in total. The van der Waals surface area contributed by atoms with Gasteiger partial charge in [0.05, 0.1) is 12.8 Å². The number of carbonyl (C=O) groups is 1. The molecule has 106 valence electrons. The fourth-order valence-electron chi connectivity index (χ4n) is 2.35. The second-order valence-corrected chi connectivity index (χ2v) is 4.89. The van der Waals surface area contributed by atoms with Gasteiger partial charge in [-0.1, -0.05) is 0 Å². The molecule has 0 bridgehead atoms. The second-order valence-electron chi connectivity index (χ2n) is 4.89. The quantitative estimate of drug-likeness (QED) is 0.657. The van der Waals surface area contributed by atoms with Gasteiger partial charge in [-0.25, -0.2) is 5.43 Å². The Bertz CT molecular complexity index is 524. The summed E-state index contributed by atoms with van der Waals surface area (Å²) >= 11 is 0. The summed E-state index contributed by atoms with van der Waals surface area (Å²) in [7, 11) is 0. The molecule has 2 aliphatic heterocycles. The van der Waals surface area contributed by atoms with Crippen LogP contribution in [0.4, 0.5) is 0 Å². The van der Waals surface area contributed by atoms with Crippen LogP contribution in [0.15, 0.2) is 23.3 Å². The van der Waals surface area contributed by atoms with E-state index in [0.717, 1.165) is 24.4 Å². The van der Waals surface area contributed by atoms with Crippen LogP contribution in [-0.4, -0.2) is 43.4 Å². The second kappa shape index (κ2) is 5.92. The Kier molecular flexibility index (Phi) is 3.83. The number of carbonyl (C=O) groups excluding carboxylic acids is 1. The summed E-state index contributed by atoms with van der Waals surface area (Å²) in [4.78, 5) is 13.8. The van der Waals surface area contributed by atoms with Crippen LogP contribution in [-0.2, 0) is 4.79 Å². The maximum atomic E-state index is 11.7. The van der Waals surface area contributed by atoms with E-state index in [0.29, 0.717) is 12.3 Å². The summed E-state index contributed by atoms with van der Waals surface area (Å²) in [5, 5.41) is 3.96. The molecule has 6 heteroatoms. The highest BCUT2D eigenvalue weighted by molar-refractivity contribution is 5.83. The van der Waals surface area contributed by atoms with Gasteiger partial charge in [-0.05, 0) is 49.7 Å². The average molecular weight is 275 g/mol. The molecule has 0 saturated carbocycles. The summed E-state index contributed by atoms with van der Waals surface area (Å²) in [5.41, 5.74) is 3.40. The summed E-state index contributed by atoms with van der Waals surface area (Å²) < 4.78 is 10.5. The van der Waals surface area contributed by atoms with E-state index in [1.165, 1.54) is 12.8 Å². The molecule has 0 aliphatic carbocycles. The number of nitrogens with one attached hydrogen (secondary N) is 1. The molecule has 1 fully saturated rings. The molecule has 0 unspecified atom stereocenters. The van der Waals surface area contributed by atoms with E-state index in [1.807, 2.05) is 18.2 Å². The van der Waals surface area contributed by atoms with Gasteiger partial charge in [-0.3, -0.25) is 9.69 Å². The minimum Gasteiger partial charge on any atom is -0.454 e. The third-order valence-electron chi connectivity index (χ3n) is 3.37. The Morgan fingerprint density at radius 3 is 2.95 bits per heavy atom. The molecule has 0 atom stereocenters. The van der Waals surface area contributed by atoms with E-state index in [-0.39, 0.29) is 12.7 Å². The lowest BCUT2D eigenvalue weighted by Gasteiger charge is -2.12. The maximum Gasteiger partial charge on any atom is 0.254 e. The van der Waals surface area contributed by atoms with E-state index in [4.69, 9.17) is 9.47 Å². The summed E-state index contributed by atoms with van der Waals surface area (Å²) in [5.74, 6) is 1.36. The van der Waals surface area contributed by atoms with Crippen molar-refractivity contribution in [3.8, 4) is 11.5 Å². The minimum absolute atomic E-state index is 0.0797. The van der Waals surface area contributed by atoms with Crippen molar-refractivity contribution in [2.45, 2.75) is 12.8 Å². The molecular formula is C14H17N3O3. The van der Waals surface area contributed by atoms with E-state index in [2.05, 4.69) is 15.4 Å². The van der Waals surface area contributed by atoms with Gasteiger partial charge in [0.25, 0.3) is 5.91 Å². The van der Waals surface area contributed by atoms with Crippen LogP contribution in [0.1, 0.15) is 18.4 Å². The van der Waals surface area contributed by atoms with Crippen LogP contribution in [0, 0.1) is 0 Å².